The highest BCUT2D eigenvalue weighted by atomic mass is 16.7. The van der Waals surface area contributed by atoms with Crippen molar-refractivity contribution in [3.05, 3.63) is 11.6 Å². The van der Waals surface area contributed by atoms with Gasteiger partial charge in [0, 0.05) is 6.61 Å². The topological polar surface area (TPSA) is 18.5 Å². The molecule has 2 heteroatoms. The first-order chi connectivity index (χ1) is 6.45. The normalized spacial score (nSPS) is 28.9. The summed E-state index contributed by atoms with van der Waals surface area (Å²) in [5.41, 5.74) is 1.47. The van der Waals surface area contributed by atoms with Gasteiger partial charge < -0.3 is 9.47 Å². The summed E-state index contributed by atoms with van der Waals surface area (Å²) < 4.78 is 11.2. The van der Waals surface area contributed by atoms with Gasteiger partial charge in [-0.25, -0.2) is 0 Å². The summed E-state index contributed by atoms with van der Waals surface area (Å²) >= 11 is 0. The monoisotopic (exact) mass is 182 g/mol. The van der Waals surface area contributed by atoms with Crippen molar-refractivity contribution in [1.29, 1.82) is 0 Å². The van der Waals surface area contributed by atoms with Crippen molar-refractivity contribution in [3.63, 3.8) is 0 Å². The van der Waals surface area contributed by atoms with Crippen LogP contribution in [0.5, 0.6) is 0 Å². The number of hydrogen-bond acceptors (Lipinski definition) is 2. The van der Waals surface area contributed by atoms with Crippen LogP contribution in [0, 0.1) is 0 Å². The van der Waals surface area contributed by atoms with E-state index in [2.05, 4.69) is 6.08 Å². The van der Waals surface area contributed by atoms with E-state index in [1.54, 1.807) is 0 Å². The predicted octanol–water partition coefficient (Wildman–Crippen LogP) is 2.64. The maximum Gasteiger partial charge on any atom is 0.158 e. The van der Waals surface area contributed by atoms with Gasteiger partial charge in [-0.2, -0.15) is 0 Å². The molecule has 0 bridgehead atoms. The van der Waals surface area contributed by atoms with E-state index in [1.165, 1.54) is 37.7 Å². The third kappa shape index (κ3) is 2.82. The van der Waals surface area contributed by atoms with Crippen LogP contribution < -0.4 is 0 Å². The van der Waals surface area contributed by atoms with Crippen molar-refractivity contribution in [2.75, 3.05) is 13.2 Å². The summed E-state index contributed by atoms with van der Waals surface area (Å²) in [6.45, 7) is 1.67. The van der Waals surface area contributed by atoms with Crippen molar-refractivity contribution in [1.82, 2.24) is 0 Å². The fraction of sp³-hybridized carbons (Fsp3) is 0.818. The molecule has 1 fully saturated rings. The summed E-state index contributed by atoms with van der Waals surface area (Å²) in [6, 6.07) is 0. The molecular weight excluding hydrogens is 164 g/mol. The Bertz CT molecular complexity index is 181. The standard InChI is InChI=1S/C11H18O2/c1-2-6-10(5-1)9-13-11-7-3-4-8-12-11/h5,11H,1-4,6-9H2. The summed E-state index contributed by atoms with van der Waals surface area (Å²) in [6.07, 6.45) is 9.69. The molecule has 1 unspecified atom stereocenters. The van der Waals surface area contributed by atoms with Crippen LogP contribution >= 0.6 is 0 Å². The molecule has 0 spiro atoms. The van der Waals surface area contributed by atoms with E-state index < -0.39 is 0 Å². The molecule has 0 saturated carbocycles. The smallest absolute Gasteiger partial charge is 0.158 e. The van der Waals surface area contributed by atoms with Gasteiger partial charge in [0.05, 0.1) is 6.61 Å². The Balaban J connectivity index is 1.66. The fourth-order valence-electron chi connectivity index (χ4n) is 1.91. The predicted molar refractivity (Wildman–Crippen MR) is 51.5 cm³/mol. The second-order valence-electron chi connectivity index (χ2n) is 3.86. The third-order valence-corrected chi connectivity index (χ3v) is 2.73. The molecule has 0 radical (unpaired) electrons. The van der Waals surface area contributed by atoms with Gasteiger partial charge >= 0.3 is 0 Å². The van der Waals surface area contributed by atoms with Crippen LogP contribution in [0.4, 0.5) is 0 Å². The van der Waals surface area contributed by atoms with Gasteiger partial charge in [0.1, 0.15) is 0 Å². The van der Waals surface area contributed by atoms with Crippen LogP contribution in [0.15, 0.2) is 11.6 Å². The average Bonchev–Trinajstić information content (AvgIpc) is 2.69. The van der Waals surface area contributed by atoms with E-state index in [4.69, 9.17) is 9.47 Å². The van der Waals surface area contributed by atoms with Gasteiger partial charge in [-0.3, -0.25) is 0 Å². The van der Waals surface area contributed by atoms with E-state index in [9.17, 15) is 0 Å². The fourth-order valence-corrected chi connectivity index (χ4v) is 1.91. The van der Waals surface area contributed by atoms with Gasteiger partial charge in [-0.1, -0.05) is 6.08 Å². The lowest BCUT2D eigenvalue weighted by Crippen LogP contribution is -2.22. The van der Waals surface area contributed by atoms with E-state index in [0.717, 1.165) is 19.6 Å². The molecule has 2 aliphatic rings. The van der Waals surface area contributed by atoms with Crippen molar-refractivity contribution >= 4 is 0 Å². The van der Waals surface area contributed by atoms with Crippen LogP contribution in [0.1, 0.15) is 38.5 Å². The quantitative estimate of drug-likeness (QED) is 0.625. The van der Waals surface area contributed by atoms with Crippen LogP contribution in [0.25, 0.3) is 0 Å². The molecule has 2 rings (SSSR count). The molecule has 0 amide bonds. The van der Waals surface area contributed by atoms with Crippen molar-refractivity contribution < 1.29 is 9.47 Å². The summed E-state index contributed by atoms with van der Waals surface area (Å²) in [5.74, 6) is 0. The zero-order valence-corrected chi connectivity index (χ0v) is 8.13. The van der Waals surface area contributed by atoms with Gasteiger partial charge in [0.15, 0.2) is 6.29 Å². The Kier molecular flexibility index (Phi) is 3.39. The summed E-state index contributed by atoms with van der Waals surface area (Å²) in [5, 5.41) is 0. The lowest BCUT2D eigenvalue weighted by molar-refractivity contribution is -0.157. The molecule has 0 aromatic heterocycles. The Morgan fingerprint density at radius 3 is 3.08 bits per heavy atom. The van der Waals surface area contributed by atoms with Crippen LogP contribution in [0.3, 0.4) is 0 Å². The SMILES string of the molecule is C1=C(COC2CCCCO2)CCC1. The first-order valence-electron chi connectivity index (χ1n) is 5.36. The second kappa shape index (κ2) is 4.77. The van der Waals surface area contributed by atoms with E-state index in [0.29, 0.717) is 0 Å². The highest BCUT2D eigenvalue weighted by Gasteiger charge is 2.15. The molecule has 13 heavy (non-hydrogen) atoms. The highest BCUT2D eigenvalue weighted by molar-refractivity contribution is 5.07. The number of ether oxygens (including phenoxy) is 2. The number of rotatable bonds is 3. The van der Waals surface area contributed by atoms with Gasteiger partial charge in [-0.15, -0.1) is 0 Å². The average molecular weight is 182 g/mol. The van der Waals surface area contributed by atoms with Gasteiger partial charge in [0.2, 0.25) is 0 Å². The minimum absolute atomic E-state index is 0.0789. The zero-order chi connectivity index (χ0) is 8.93. The van der Waals surface area contributed by atoms with E-state index >= 15 is 0 Å². The third-order valence-electron chi connectivity index (χ3n) is 2.73. The lowest BCUT2D eigenvalue weighted by Gasteiger charge is -2.22. The molecule has 2 nitrogen and oxygen atoms in total. The van der Waals surface area contributed by atoms with Crippen LogP contribution in [0.2, 0.25) is 0 Å². The minimum atomic E-state index is 0.0789. The van der Waals surface area contributed by atoms with E-state index in [-0.39, 0.29) is 6.29 Å². The minimum Gasteiger partial charge on any atom is -0.353 e. The second-order valence-corrected chi connectivity index (χ2v) is 3.86. The molecule has 1 heterocycles. The van der Waals surface area contributed by atoms with Crippen molar-refractivity contribution in [2.45, 2.75) is 44.8 Å². The molecular formula is C11H18O2. The maximum absolute atomic E-state index is 5.68. The molecule has 1 aliphatic carbocycles. The maximum atomic E-state index is 5.68. The van der Waals surface area contributed by atoms with Crippen molar-refractivity contribution in [2.24, 2.45) is 0 Å². The van der Waals surface area contributed by atoms with Crippen LogP contribution in [-0.4, -0.2) is 19.5 Å². The Morgan fingerprint density at radius 1 is 1.38 bits per heavy atom. The summed E-state index contributed by atoms with van der Waals surface area (Å²) in [7, 11) is 0. The first-order valence-corrected chi connectivity index (χ1v) is 5.36. The van der Waals surface area contributed by atoms with Crippen LogP contribution in [-0.2, 0) is 9.47 Å². The Morgan fingerprint density at radius 2 is 2.38 bits per heavy atom. The zero-order valence-electron chi connectivity index (χ0n) is 8.13. The Hall–Kier alpha value is -0.340. The highest BCUT2D eigenvalue weighted by Crippen LogP contribution is 2.20. The first kappa shape index (κ1) is 9.22. The lowest BCUT2D eigenvalue weighted by atomic mass is 10.2. The molecule has 0 aromatic carbocycles. The molecule has 0 N–H and O–H groups in total. The summed E-state index contributed by atoms with van der Waals surface area (Å²) in [4.78, 5) is 0. The van der Waals surface area contributed by atoms with Crippen molar-refractivity contribution in [3.8, 4) is 0 Å². The largest absolute Gasteiger partial charge is 0.353 e. The Labute approximate surface area is 79.9 Å². The molecule has 74 valence electrons. The van der Waals surface area contributed by atoms with E-state index in [1.807, 2.05) is 0 Å². The molecule has 1 saturated heterocycles. The van der Waals surface area contributed by atoms with Gasteiger partial charge in [0.25, 0.3) is 0 Å². The number of allylic oxidation sites excluding steroid dienone is 1. The molecule has 1 aliphatic heterocycles. The number of hydrogen-bond donors (Lipinski definition) is 0. The molecule has 0 aromatic rings. The van der Waals surface area contributed by atoms with Gasteiger partial charge in [-0.05, 0) is 44.1 Å². The molecule has 1 atom stereocenters.